The lowest BCUT2D eigenvalue weighted by Gasteiger charge is -2.41. The van der Waals surface area contributed by atoms with Crippen LogP contribution in [0.4, 0.5) is 0 Å². The van der Waals surface area contributed by atoms with Gasteiger partial charge in [0.15, 0.2) is 0 Å². The van der Waals surface area contributed by atoms with Crippen LogP contribution in [0.5, 0.6) is 0 Å². The average Bonchev–Trinajstić information content (AvgIpc) is 2.77. The van der Waals surface area contributed by atoms with Crippen molar-refractivity contribution >= 4 is 10.0 Å². The Morgan fingerprint density at radius 3 is 2.86 bits per heavy atom. The summed E-state index contributed by atoms with van der Waals surface area (Å²) in [5, 5.41) is 24.3. The van der Waals surface area contributed by atoms with Crippen molar-refractivity contribution in [1.82, 2.24) is 14.8 Å². The first-order valence-electron chi connectivity index (χ1n) is 6.67. The maximum atomic E-state index is 11.1. The number of aliphatic hydroxyl groups is 2. The molecule has 0 aliphatic carbocycles. The fourth-order valence-electron chi connectivity index (χ4n) is 2.35. The van der Waals surface area contributed by atoms with Gasteiger partial charge in [-0.25, -0.2) is 13.1 Å². The summed E-state index contributed by atoms with van der Waals surface area (Å²) in [4.78, 5) is 1.94. The number of hydrogen-bond acceptors (Lipinski definition) is 7. The van der Waals surface area contributed by atoms with E-state index in [0.717, 1.165) is 17.7 Å². The third-order valence-electron chi connectivity index (χ3n) is 3.62. The molecule has 120 valence electrons. The molecule has 9 heteroatoms. The second kappa shape index (κ2) is 6.01. The van der Waals surface area contributed by atoms with Gasteiger partial charge in [0.1, 0.15) is 11.4 Å². The van der Waals surface area contributed by atoms with Gasteiger partial charge in [0.05, 0.1) is 18.1 Å². The largest absolute Gasteiger partial charge is 0.389 e. The molecule has 0 amide bonds. The van der Waals surface area contributed by atoms with Crippen molar-refractivity contribution in [3.63, 3.8) is 0 Å². The lowest BCUT2D eigenvalue weighted by Crippen LogP contribution is -2.59. The summed E-state index contributed by atoms with van der Waals surface area (Å²) in [6.45, 7) is 2.91. The molecule has 0 bridgehead atoms. The summed E-state index contributed by atoms with van der Waals surface area (Å²) < 4.78 is 29.4. The molecule has 0 radical (unpaired) electrons. The van der Waals surface area contributed by atoms with E-state index < -0.39 is 21.7 Å². The van der Waals surface area contributed by atoms with E-state index in [0.29, 0.717) is 13.1 Å². The van der Waals surface area contributed by atoms with Gasteiger partial charge in [-0.05, 0) is 13.3 Å². The predicted octanol–water partition coefficient (Wildman–Crippen LogP) is -1.17. The molecule has 0 aromatic carbocycles. The molecule has 0 spiro atoms. The molecule has 1 aromatic rings. The molecule has 1 aliphatic rings. The topological polar surface area (TPSA) is 116 Å². The zero-order valence-corrected chi connectivity index (χ0v) is 12.9. The van der Waals surface area contributed by atoms with E-state index in [1.54, 1.807) is 6.92 Å². The van der Waals surface area contributed by atoms with Crippen molar-refractivity contribution < 1.29 is 23.2 Å². The summed E-state index contributed by atoms with van der Waals surface area (Å²) in [5.74, 6) is 0.719. The predicted molar refractivity (Wildman–Crippen MR) is 74.9 cm³/mol. The van der Waals surface area contributed by atoms with Gasteiger partial charge in [-0.3, -0.25) is 4.90 Å². The summed E-state index contributed by atoms with van der Waals surface area (Å²) in [7, 11) is -3.40. The van der Waals surface area contributed by atoms with E-state index >= 15 is 0 Å². The van der Waals surface area contributed by atoms with Crippen molar-refractivity contribution in [2.24, 2.45) is 0 Å². The molecular weight excluding hydrogens is 298 g/mol. The Kier molecular flexibility index (Phi) is 4.69. The lowest BCUT2D eigenvalue weighted by atomic mass is 9.88. The molecule has 0 unspecified atom stereocenters. The van der Waals surface area contributed by atoms with E-state index in [1.807, 2.05) is 11.0 Å². The first-order chi connectivity index (χ1) is 9.68. The average molecular weight is 319 g/mol. The van der Waals surface area contributed by atoms with Crippen LogP contribution in [0.15, 0.2) is 10.6 Å². The third kappa shape index (κ3) is 4.48. The number of sulfonamides is 1. The van der Waals surface area contributed by atoms with E-state index in [-0.39, 0.29) is 19.5 Å². The Labute approximate surface area is 123 Å². The van der Waals surface area contributed by atoms with Crippen LogP contribution in [-0.2, 0) is 16.6 Å². The maximum Gasteiger partial charge on any atom is 0.208 e. The first kappa shape index (κ1) is 16.4. The fourth-order valence-corrected chi connectivity index (χ4v) is 2.86. The van der Waals surface area contributed by atoms with Crippen LogP contribution in [0, 0.1) is 6.92 Å². The summed E-state index contributed by atoms with van der Waals surface area (Å²) in [6, 6.07) is 1.82. The number of aryl methyl sites for hydroxylation is 1. The molecule has 21 heavy (non-hydrogen) atoms. The van der Waals surface area contributed by atoms with Gasteiger partial charge in [-0.2, -0.15) is 0 Å². The van der Waals surface area contributed by atoms with Gasteiger partial charge in [0.25, 0.3) is 0 Å². The molecule has 0 saturated carbocycles. The highest BCUT2D eigenvalue weighted by atomic mass is 32.2. The first-order valence-corrected chi connectivity index (χ1v) is 8.57. The normalized spacial score (nSPS) is 27.9. The minimum atomic E-state index is -3.40. The molecular formula is C12H21N3O5S. The molecule has 1 saturated heterocycles. The number of aromatic nitrogens is 1. The van der Waals surface area contributed by atoms with Crippen molar-refractivity contribution in [2.75, 3.05) is 25.9 Å². The van der Waals surface area contributed by atoms with Crippen molar-refractivity contribution in [1.29, 1.82) is 0 Å². The van der Waals surface area contributed by atoms with E-state index in [4.69, 9.17) is 4.52 Å². The van der Waals surface area contributed by atoms with Gasteiger partial charge >= 0.3 is 0 Å². The van der Waals surface area contributed by atoms with Crippen LogP contribution in [0.1, 0.15) is 17.9 Å². The second-order valence-electron chi connectivity index (χ2n) is 5.63. The Bertz CT molecular complexity index is 587. The number of aliphatic hydroxyl groups excluding tert-OH is 1. The number of β-amino-alcohol motifs (C(OH)–C–C–N with tert-alkyl or cyclic N) is 1. The molecule has 2 atom stereocenters. The van der Waals surface area contributed by atoms with Crippen LogP contribution in [0.2, 0.25) is 0 Å². The van der Waals surface area contributed by atoms with E-state index in [1.165, 1.54) is 0 Å². The van der Waals surface area contributed by atoms with Crippen LogP contribution < -0.4 is 4.72 Å². The fraction of sp³-hybridized carbons (Fsp3) is 0.750. The minimum absolute atomic E-state index is 0.191. The Morgan fingerprint density at radius 1 is 1.62 bits per heavy atom. The molecule has 3 N–H and O–H groups in total. The summed E-state index contributed by atoms with van der Waals surface area (Å²) in [6.07, 6.45) is 0.256. The Hall–Kier alpha value is -1.00. The van der Waals surface area contributed by atoms with Crippen LogP contribution in [-0.4, -0.2) is 66.3 Å². The van der Waals surface area contributed by atoms with Gasteiger partial charge in [-0.15, -0.1) is 0 Å². The van der Waals surface area contributed by atoms with Crippen molar-refractivity contribution in [3.05, 3.63) is 17.5 Å². The third-order valence-corrected chi connectivity index (χ3v) is 4.28. The smallest absolute Gasteiger partial charge is 0.208 e. The Balaban J connectivity index is 1.92. The summed E-state index contributed by atoms with van der Waals surface area (Å²) in [5.41, 5.74) is -0.682. The molecule has 1 aliphatic heterocycles. The molecule has 1 fully saturated rings. The van der Waals surface area contributed by atoms with Crippen molar-refractivity contribution in [2.45, 2.75) is 31.6 Å². The number of nitrogens with zero attached hydrogens (tertiary/aromatic N) is 2. The maximum absolute atomic E-state index is 11.1. The highest BCUT2D eigenvalue weighted by molar-refractivity contribution is 7.88. The van der Waals surface area contributed by atoms with Crippen LogP contribution in [0.3, 0.4) is 0 Å². The molecule has 2 rings (SSSR count). The molecule has 8 nitrogen and oxygen atoms in total. The number of piperidine rings is 1. The SMILES string of the molecule is Cc1cc(CN2CC[C@@](O)(CNS(C)(=O)=O)[C@H](O)C2)no1. The number of nitrogens with one attached hydrogen (secondary N) is 1. The zero-order chi connectivity index (χ0) is 15.7. The lowest BCUT2D eigenvalue weighted by molar-refractivity contribution is -0.116. The number of likely N-dealkylation sites (tertiary alicyclic amines) is 1. The van der Waals surface area contributed by atoms with Gasteiger partial charge < -0.3 is 14.7 Å². The van der Waals surface area contributed by atoms with E-state index in [2.05, 4.69) is 9.88 Å². The quantitative estimate of drug-likeness (QED) is 0.626. The zero-order valence-electron chi connectivity index (χ0n) is 12.1. The standard InChI is InChI=1S/C12H21N3O5S/c1-9-5-10(14-20-9)6-15-4-3-12(17,11(16)7-15)8-13-21(2,18)19/h5,11,13,16-17H,3-4,6-8H2,1-2H3/t11-,12-/m1/s1. The second-order valence-corrected chi connectivity index (χ2v) is 7.46. The van der Waals surface area contributed by atoms with E-state index in [9.17, 15) is 18.6 Å². The summed E-state index contributed by atoms with van der Waals surface area (Å²) >= 11 is 0. The van der Waals surface area contributed by atoms with Gasteiger partial charge in [0, 0.05) is 32.2 Å². The van der Waals surface area contributed by atoms with Crippen molar-refractivity contribution in [3.8, 4) is 0 Å². The number of rotatable bonds is 5. The van der Waals surface area contributed by atoms with Crippen LogP contribution >= 0.6 is 0 Å². The Morgan fingerprint density at radius 2 is 2.33 bits per heavy atom. The highest BCUT2D eigenvalue weighted by Crippen LogP contribution is 2.23. The van der Waals surface area contributed by atoms with Gasteiger partial charge in [0.2, 0.25) is 10.0 Å². The van der Waals surface area contributed by atoms with Crippen LogP contribution in [0.25, 0.3) is 0 Å². The number of hydrogen-bond donors (Lipinski definition) is 3. The molecule has 2 heterocycles. The molecule has 1 aromatic heterocycles. The minimum Gasteiger partial charge on any atom is -0.389 e. The van der Waals surface area contributed by atoms with Gasteiger partial charge in [-0.1, -0.05) is 5.16 Å². The monoisotopic (exact) mass is 319 g/mol. The highest BCUT2D eigenvalue weighted by Gasteiger charge is 2.41.